The van der Waals surface area contributed by atoms with E-state index in [1.54, 1.807) is 6.92 Å². The van der Waals surface area contributed by atoms with Crippen LogP contribution in [-0.4, -0.2) is 16.2 Å². The van der Waals surface area contributed by atoms with E-state index in [2.05, 4.69) is 5.16 Å². The third-order valence-electron chi connectivity index (χ3n) is 2.43. The van der Waals surface area contributed by atoms with Crippen molar-refractivity contribution in [3.63, 3.8) is 0 Å². The molecule has 94 valence electrons. The number of aromatic nitrogens is 1. The van der Waals surface area contributed by atoms with Crippen LogP contribution < -0.4 is 0 Å². The topological polar surface area (TPSA) is 63.3 Å². The third-order valence-corrected chi connectivity index (χ3v) is 2.43. The molecule has 0 amide bonds. The van der Waals surface area contributed by atoms with Crippen molar-refractivity contribution in [2.24, 2.45) is 0 Å². The van der Waals surface area contributed by atoms with Crippen molar-refractivity contribution in [1.82, 2.24) is 5.16 Å². The molecule has 1 heterocycles. The maximum Gasteiger partial charge on any atom is 0.341 e. The van der Waals surface area contributed by atoms with E-state index in [0.29, 0.717) is 12.5 Å². The number of carboxylic acids is 1. The fourth-order valence-electron chi connectivity index (χ4n) is 1.67. The van der Waals surface area contributed by atoms with Crippen molar-refractivity contribution in [2.45, 2.75) is 13.3 Å². The lowest BCUT2D eigenvalue weighted by molar-refractivity contribution is 0.0695. The lowest BCUT2D eigenvalue weighted by Crippen LogP contribution is -2.01. The molecule has 0 fully saturated rings. The molecule has 0 atom stereocenters. The smallest absolute Gasteiger partial charge is 0.341 e. The van der Waals surface area contributed by atoms with Gasteiger partial charge in [-0.05, 0) is 12.1 Å². The Morgan fingerprint density at radius 3 is 2.44 bits per heavy atom. The van der Waals surface area contributed by atoms with Crippen LogP contribution in [0.2, 0.25) is 0 Å². The fourth-order valence-corrected chi connectivity index (χ4v) is 1.67. The highest BCUT2D eigenvalue weighted by Crippen LogP contribution is 2.27. The summed E-state index contributed by atoms with van der Waals surface area (Å²) < 4.78 is 31.0. The summed E-state index contributed by atoms with van der Waals surface area (Å²) >= 11 is 0. The second-order valence-corrected chi connectivity index (χ2v) is 3.65. The monoisotopic (exact) mass is 253 g/mol. The van der Waals surface area contributed by atoms with E-state index < -0.39 is 17.6 Å². The van der Waals surface area contributed by atoms with Crippen molar-refractivity contribution in [3.05, 3.63) is 41.2 Å². The molecule has 18 heavy (non-hydrogen) atoms. The van der Waals surface area contributed by atoms with Crippen LogP contribution in [0.5, 0.6) is 0 Å². The van der Waals surface area contributed by atoms with Gasteiger partial charge in [0.25, 0.3) is 0 Å². The summed E-state index contributed by atoms with van der Waals surface area (Å²) in [6.07, 6.45) is 0.326. The van der Waals surface area contributed by atoms with Crippen LogP contribution in [0.3, 0.4) is 0 Å². The first kappa shape index (κ1) is 12.2. The molecular formula is C12H9F2NO3. The van der Waals surface area contributed by atoms with Crippen molar-refractivity contribution in [2.75, 3.05) is 0 Å². The minimum atomic E-state index is -1.24. The summed E-state index contributed by atoms with van der Waals surface area (Å²) in [7, 11) is 0. The Balaban J connectivity index is 2.63. The molecule has 0 aliphatic carbocycles. The van der Waals surface area contributed by atoms with E-state index in [-0.39, 0.29) is 22.6 Å². The first-order chi connectivity index (χ1) is 8.52. The van der Waals surface area contributed by atoms with Crippen LogP contribution in [-0.2, 0) is 6.42 Å². The highest BCUT2D eigenvalue weighted by molar-refractivity contribution is 5.95. The third kappa shape index (κ3) is 2.09. The number of nitrogens with zero attached hydrogens (tertiary/aromatic N) is 1. The fraction of sp³-hybridized carbons (Fsp3) is 0.167. The lowest BCUT2D eigenvalue weighted by Gasteiger charge is -1.99. The molecule has 0 saturated carbocycles. The van der Waals surface area contributed by atoms with Gasteiger partial charge in [0.2, 0.25) is 0 Å². The second-order valence-electron chi connectivity index (χ2n) is 3.65. The second kappa shape index (κ2) is 4.56. The van der Waals surface area contributed by atoms with E-state index in [9.17, 15) is 13.6 Å². The summed E-state index contributed by atoms with van der Waals surface area (Å²) in [4.78, 5) is 11.1. The zero-order valence-electron chi connectivity index (χ0n) is 9.41. The average Bonchev–Trinajstić information content (AvgIpc) is 2.71. The highest BCUT2D eigenvalue weighted by Gasteiger charge is 2.23. The maximum absolute atomic E-state index is 13.1. The Bertz CT molecular complexity index is 587. The molecule has 0 aliphatic heterocycles. The Kier molecular flexibility index (Phi) is 3.10. The van der Waals surface area contributed by atoms with Crippen LogP contribution in [0.15, 0.2) is 22.7 Å². The minimum Gasteiger partial charge on any atom is -0.477 e. The van der Waals surface area contributed by atoms with Gasteiger partial charge in [-0.2, -0.15) is 0 Å². The van der Waals surface area contributed by atoms with Gasteiger partial charge >= 0.3 is 5.97 Å². The number of hydrogen-bond donors (Lipinski definition) is 1. The van der Waals surface area contributed by atoms with Crippen LogP contribution >= 0.6 is 0 Å². The van der Waals surface area contributed by atoms with Crippen molar-refractivity contribution in [3.8, 4) is 11.3 Å². The van der Waals surface area contributed by atoms with E-state index in [0.717, 1.165) is 12.1 Å². The van der Waals surface area contributed by atoms with E-state index in [1.165, 1.54) is 0 Å². The average molecular weight is 253 g/mol. The number of carbonyl (C=O) groups is 1. The zero-order valence-corrected chi connectivity index (χ0v) is 9.41. The zero-order chi connectivity index (χ0) is 13.3. The first-order valence-corrected chi connectivity index (χ1v) is 5.21. The van der Waals surface area contributed by atoms with Crippen LogP contribution in [0.4, 0.5) is 8.78 Å². The number of hydrogen-bond acceptors (Lipinski definition) is 3. The van der Waals surface area contributed by atoms with Crippen LogP contribution in [0, 0.1) is 11.6 Å². The van der Waals surface area contributed by atoms with Gasteiger partial charge in [0.1, 0.15) is 22.9 Å². The first-order valence-electron chi connectivity index (χ1n) is 5.21. The minimum absolute atomic E-state index is 0.0355. The Hall–Kier alpha value is -2.24. The van der Waals surface area contributed by atoms with E-state index in [1.807, 2.05) is 0 Å². The molecule has 0 aliphatic rings. The van der Waals surface area contributed by atoms with Gasteiger partial charge in [0.05, 0.1) is 0 Å². The molecule has 2 rings (SSSR count). The summed E-state index contributed by atoms with van der Waals surface area (Å²) in [6, 6.07) is 2.71. The Labute approximate surface area is 101 Å². The van der Waals surface area contributed by atoms with E-state index in [4.69, 9.17) is 9.63 Å². The predicted octanol–water partition coefficient (Wildman–Crippen LogP) is 2.88. The summed E-state index contributed by atoms with van der Waals surface area (Å²) in [5, 5.41) is 12.7. The molecule has 0 radical (unpaired) electrons. The summed E-state index contributed by atoms with van der Waals surface area (Å²) in [5.41, 5.74) is -0.200. The standard InChI is InChI=1S/C12H9F2NO3/c1-2-9-10(12(16)17)11(15-18-9)6-3-7(13)5-8(14)4-6/h3-5H,2H2,1H3,(H,16,17). The molecule has 1 aromatic heterocycles. The van der Waals surface area contributed by atoms with Gasteiger partial charge in [-0.1, -0.05) is 12.1 Å². The van der Waals surface area contributed by atoms with Gasteiger partial charge in [-0.15, -0.1) is 0 Å². The lowest BCUT2D eigenvalue weighted by atomic mass is 10.0. The van der Waals surface area contributed by atoms with Crippen molar-refractivity contribution in [1.29, 1.82) is 0 Å². The normalized spacial score (nSPS) is 10.6. The van der Waals surface area contributed by atoms with Crippen LogP contribution in [0.1, 0.15) is 23.0 Å². The Morgan fingerprint density at radius 1 is 1.33 bits per heavy atom. The predicted molar refractivity (Wildman–Crippen MR) is 58.2 cm³/mol. The summed E-state index contributed by atoms with van der Waals surface area (Å²) in [5.74, 6) is -2.68. The molecule has 0 saturated heterocycles. The van der Waals surface area contributed by atoms with Crippen molar-refractivity contribution >= 4 is 5.97 Å². The highest BCUT2D eigenvalue weighted by atomic mass is 19.1. The molecule has 6 heteroatoms. The number of aryl methyl sites for hydroxylation is 1. The molecule has 2 aromatic rings. The van der Waals surface area contributed by atoms with Crippen molar-refractivity contribution < 1.29 is 23.2 Å². The van der Waals surface area contributed by atoms with Gasteiger partial charge in [-0.25, -0.2) is 13.6 Å². The number of benzene rings is 1. The van der Waals surface area contributed by atoms with Gasteiger partial charge in [-0.3, -0.25) is 0 Å². The van der Waals surface area contributed by atoms with E-state index >= 15 is 0 Å². The van der Waals surface area contributed by atoms with Gasteiger partial charge < -0.3 is 9.63 Å². The number of carboxylic acid groups (broad SMARTS) is 1. The molecule has 0 unspecified atom stereocenters. The SMILES string of the molecule is CCc1onc(-c2cc(F)cc(F)c2)c1C(=O)O. The molecule has 1 aromatic carbocycles. The number of rotatable bonds is 3. The molecular weight excluding hydrogens is 244 g/mol. The summed E-state index contributed by atoms with van der Waals surface area (Å²) in [6.45, 7) is 1.70. The van der Waals surface area contributed by atoms with Crippen LogP contribution in [0.25, 0.3) is 11.3 Å². The maximum atomic E-state index is 13.1. The Morgan fingerprint density at radius 2 is 1.94 bits per heavy atom. The molecule has 4 nitrogen and oxygen atoms in total. The quantitative estimate of drug-likeness (QED) is 0.913. The molecule has 0 bridgehead atoms. The molecule has 0 spiro atoms. The van der Waals surface area contributed by atoms with Gasteiger partial charge in [0.15, 0.2) is 5.76 Å². The van der Waals surface area contributed by atoms with Gasteiger partial charge in [0, 0.05) is 18.1 Å². The number of aromatic carboxylic acids is 1. The molecule has 1 N–H and O–H groups in total. The largest absolute Gasteiger partial charge is 0.477 e. The number of halogens is 2.